The van der Waals surface area contributed by atoms with Crippen LogP contribution in [0.2, 0.25) is 0 Å². The zero-order chi connectivity index (χ0) is 41.4. The van der Waals surface area contributed by atoms with Crippen molar-refractivity contribution in [2.45, 2.75) is 85.4 Å². The molecule has 13 nitrogen and oxygen atoms in total. The number of benzene rings is 2. The fourth-order valence-corrected chi connectivity index (χ4v) is 9.80. The van der Waals surface area contributed by atoms with Gasteiger partial charge in [-0.3, -0.25) is 19.3 Å². The average Bonchev–Trinajstić information content (AvgIpc) is 3.20. The highest BCUT2D eigenvalue weighted by Gasteiger charge is 2.64. The lowest BCUT2D eigenvalue weighted by Crippen LogP contribution is -2.74. The fourth-order valence-electron chi connectivity index (χ4n) is 9.80. The molecule has 2 aromatic carbocycles. The summed E-state index contributed by atoms with van der Waals surface area (Å²) in [5.74, 6) is 1.44. The molecule has 1 saturated carbocycles. The quantitative estimate of drug-likeness (QED) is 0.252. The highest BCUT2D eigenvalue weighted by Crippen LogP contribution is 2.55. The van der Waals surface area contributed by atoms with Crippen LogP contribution in [0.3, 0.4) is 0 Å². The number of hydrogen-bond acceptors (Lipinski definition) is 10. The van der Waals surface area contributed by atoms with E-state index in [1.807, 2.05) is 56.3 Å². The summed E-state index contributed by atoms with van der Waals surface area (Å²) in [5, 5.41) is 27.1. The van der Waals surface area contributed by atoms with Crippen molar-refractivity contribution in [1.29, 1.82) is 5.26 Å². The summed E-state index contributed by atoms with van der Waals surface area (Å²) in [6.07, 6.45) is 3.21. The number of anilines is 2. The molecule has 13 heteroatoms. The van der Waals surface area contributed by atoms with Crippen molar-refractivity contribution in [3.63, 3.8) is 0 Å². The predicted octanol–water partition coefficient (Wildman–Crippen LogP) is 5.14. The first-order valence-electron chi connectivity index (χ1n) is 20.6. The Morgan fingerprint density at radius 3 is 2.12 bits per heavy atom. The van der Waals surface area contributed by atoms with Gasteiger partial charge in [0.05, 0.1) is 11.6 Å². The van der Waals surface area contributed by atoms with Gasteiger partial charge in [-0.15, -0.1) is 10.2 Å². The standard InChI is InChI=1S/C45H57N9O4/c1-28-24-34(25-29(2)35(28)26-46)58-43-44(4,5)42(45(43,6)7)49-41(57)37-14-15-38(51-50-37)54-18-16-31(17-19-54)27-52-20-22-53(23-21-52)33-11-9-32(10-12-33)39(55)48-36-13-8-30(3)47-40(36)56/h9-12,14-15,24-25,31,36,42-43H,3,8,13,16-23,27H2,1-2,4-7H3,(H,47,56)(H,48,55)(H,49,57). The number of aromatic nitrogens is 2. The van der Waals surface area contributed by atoms with E-state index in [1.54, 1.807) is 6.07 Å². The molecular formula is C45H57N9O4. The number of piperazine rings is 1. The molecule has 1 aliphatic carbocycles. The van der Waals surface area contributed by atoms with E-state index in [-0.39, 0.29) is 40.7 Å². The van der Waals surface area contributed by atoms with Crippen LogP contribution >= 0.6 is 0 Å². The molecule has 3 N–H and O–H groups in total. The zero-order valence-corrected chi connectivity index (χ0v) is 34.7. The number of rotatable bonds is 10. The summed E-state index contributed by atoms with van der Waals surface area (Å²) in [5.41, 5.74) is 4.40. The van der Waals surface area contributed by atoms with Crippen LogP contribution < -0.4 is 30.5 Å². The third-order valence-electron chi connectivity index (χ3n) is 12.8. The average molecular weight is 788 g/mol. The van der Waals surface area contributed by atoms with Gasteiger partial charge in [0.25, 0.3) is 11.8 Å². The normalized spacial score (nSPS) is 23.3. The molecule has 0 radical (unpaired) electrons. The zero-order valence-electron chi connectivity index (χ0n) is 34.7. The molecule has 58 heavy (non-hydrogen) atoms. The second kappa shape index (κ2) is 16.4. The molecule has 3 amide bonds. The summed E-state index contributed by atoms with van der Waals surface area (Å²) < 4.78 is 6.52. The van der Waals surface area contributed by atoms with Gasteiger partial charge in [0.15, 0.2) is 11.5 Å². The van der Waals surface area contributed by atoms with Gasteiger partial charge < -0.3 is 30.5 Å². The van der Waals surface area contributed by atoms with Gasteiger partial charge in [-0.25, -0.2) is 0 Å². The monoisotopic (exact) mass is 787 g/mol. The number of nitrogens with one attached hydrogen (secondary N) is 3. The van der Waals surface area contributed by atoms with Crippen molar-refractivity contribution in [1.82, 2.24) is 31.0 Å². The largest absolute Gasteiger partial charge is 0.489 e. The number of aryl methyl sites for hydroxylation is 2. The van der Waals surface area contributed by atoms with Crippen LogP contribution in [-0.2, 0) is 4.79 Å². The first-order chi connectivity index (χ1) is 27.6. The van der Waals surface area contributed by atoms with Crippen LogP contribution in [-0.4, -0.2) is 96.8 Å². The summed E-state index contributed by atoms with van der Waals surface area (Å²) in [6, 6.07) is 16.8. The van der Waals surface area contributed by atoms with Gasteiger partial charge >= 0.3 is 0 Å². The summed E-state index contributed by atoms with van der Waals surface area (Å²) in [4.78, 5) is 45.6. The number of ether oxygens (including phenoxy) is 1. The van der Waals surface area contributed by atoms with Gasteiger partial charge in [-0.05, 0) is 105 Å². The molecule has 4 fully saturated rings. The van der Waals surface area contributed by atoms with Crippen molar-refractivity contribution in [2.75, 3.05) is 55.6 Å². The van der Waals surface area contributed by atoms with E-state index in [0.29, 0.717) is 41.3 Å². The van der Waals surface area contributed by atoms with Gasteiger partial charge in [0.1, 0.15) is 17.9 Å². The third-order valence-corrected chi connectivity index (χ3v) is 12.8. The second-order valence-corrected chi connectivity index (χ2v) is 17.8. The number of allylic oxidation sites excluding steroid dienone is 1. The van der Waals surface area contributed by atoms with Crippen LogP contribution in [0.4, 0.5) is 11.5 Å². The van der Waals surface area contributed by atoms with Crippen molar-refractivity contribution >= 4 is 29.2 Å². The minimum Gasteiger partial charge on any atom is -0.489 e. The fraction of sp³-hybridized carbons (Fsp3) is 0.511. The maximum absolute atomic E-state index is 13.5. The third kappa shape index (κ3) is 8.39. The number of hydrogen-bond donors (Lipinski definition) is 3. The second-order valence-electron chi connectivity index (χ2n) is 17.8. The Bertz CT molecular complexity index is 2040. The molecule has 1 atom stereocenters. The molecule has 1 aromatic heterocycles. The van der Waals surface area contributed by atoms with E-state index in [9.17, 15) is 19.6 Å². The minimum atomic E-state index is -0.536. The topological polar surface area (TPSA) is 156 Å². The highest BCUT2D eigenvalue weighted by molar-refractivity contribution is 5.98. The molecule has 4 aliphatic rings. The summed E-state index contributed by atoms with van der Waals surface area (Å²) in [7, 11) is 0. The van der Waals surface area contributed by atoms with E-state index < -0.39 is 6.04 Å². The van der Waals surface area contributed by atoms with Crippen LogP contribution in [0, 0.1) is 41.9 Å². The van der Waals surface area contributed by atoms with Crippen LogP contribution in [0.5, 0.6) is 5.75 Å². The molecule has 0 spiro atoms. The van der Waals surface area contributed by atoms with Crippen molar-refractivity contribution in [3.05, 3.63) is 88.8 Å². The molecule has 4 heterocycles. The van der Waals surface area contributed by atoms with Crippen molar-refractivity contribution in [2.24, 2.45) is 16.7 Å². The Balaban J connectivity index is 0.837. The van der Waals surface area contributed by atoms with E-state index in [4.69, 9.17) is 4.74 Å². The SMILES string of the molecule is C=C1CCC(NC(=O)c2ccc(N3CCN(CC4CCN(c5ccc(C(=O)NC6C(C)(C)C(Oc7cc(C)c(C#N)c(C)c7)C6(C)C)nn5)CC4)CC3)cc2)C(=O)N1. The maximum atomic E-state index is 13.5. The smallest absolute Gasteiger partial charge is 0.272 e. The number of nitriles is 1. The number of nitrogens with zero attached hydrogens (tertiary/aromatic N) is 6. The molecule has 0 bridgehead atoms. The molecule has 3 aromatic rings. The number of carbonyl (C=O) groups excluding carboxylic acids is 3. The molecule has 3 saturated heterocycles. The van der Waals surface area contributed by atoms with E-state index in [0.717, 1.165) is 87.0 Å². The van der Waals surface area contributed by atoms with E-state index in [1.165, 1.54) is 0 Å². The van der Waals surface area contributed by atoms with Crippen LogP contribution in [0.1, 0.15) is 90.9 Å². The highest BCUT2D eigenvalue weighted by atomic mass is 16.5. The Kier molecular flexibility index (Phi) is 11.5. The van der Waals surface area contributed by atoms with E-state index >= 15 is 0 Å². The van der Waals surface area contributed by atoms with Gasteiger partial charge in [0.2, 0.25) is 5.91 Å². The van der Waals surface area contributed by atoms with Gasteiger partial charge in [-0.2, -0.15) is 5.26 Å². The molecular weight excluding hydrogens is 731 g/mol. The van der Waals surface area contributed by atoms with Crippen LogP contribution in [0.25, 0.3) is 0 Å². The van der Waals surface area contributed by atoms with Gasteiger partial charge in [0, 0.05) is 79.6 Å². The molecule has 1 unspecified atom stereocenters. The number of piperidine rings is 2. The molecule has 306 valence electrons. The predicted molar refractivity (Wildman–Crippen MR) is 224 cm³/mol. The Labute approximate surface area is 342 Å². The molecule has 7 rings (SSSR count). The lowest BCUT2D eigenvalue weighted by Gasteiger charge is -2.63. The Hall–Kier alpha value is -5.48. The Morgan fingerprint density at radius 1 is 0.879 bits per heavy atom. The lowest BCUT2D eigenvalue weighted by molar-refractivity contribution is -0.164. The first kappa shape index (κ1) is 40.7. The first-order valence-corrected chi connectivity index (χ1v) is 20.6. The van der Waals surface area contributed by atoms with Gasteiger partial charge in [-0.1, -0.05) is 34.3 Å². The number of carbonyl (C=O) groups is 3. The minimum absolute atomic E-state index is 0.145. The summed E-state index contributed by atoms with van der Waals surface area (Å²) in [6.45, 7) is 22.8. The molecule has 3 aliphatic heterocycles. The van der Waals surface area contributed by atoms with Crippen molar-refractivity contribution in [3.8, 4) is 11.8 Å². The number of amides is 3. The Morgan fingerprint density at radius 2 is 1.53 bits per heavy atom. The van der Waals surface area contributed by atoms with Crippen LogP contribution in [0.15, 0.2) is 60.8 Å². The summed E-state index contributed by atoms with van der Waals surface area (Å²) >= 11 is 0. The maximum Gasteiger partial charge on any atom is 0.272 e. The van der Waals surface area contributed by atoms with Crippen molar-refractivity contribution < 1.29 is 19.1 Å². The van der Waals surface area contributed by atoms with E-state index in [2.05, 4.69) is 81.2 Å². The lowest BCUT2D eigenvalue weighted by atomic mass is 9.49.